The van der Waals surface area contributed by atoms with Gasteiger partial charge in [-0.25, -0.2) is 8.78 Å². The Kier molecular flexibility index (Phi) is 3.07. The molecule has 0 amide bonds. The SMILES string of the molecule is CC(O)(Cc1c(F)ccc(Br)c1F)C1(C)CC1. The number of halogens is 3. The summed E-state index contributed by atoms with van der Waals surface area (Å²) in [5.74, 6) is -1.22. The lowest BCUT2D eigenvalue weighted by atomic mass is 9.82. The van der Waals surface area contributed by atoms with Crippen LogP contribution in [0.15, 0.2) is 16.6 Å². The van der Waals surface area contributed by atoms with Gasteiger partial charge in [0, 0.05) is 12.0 Å². The summed E-state index contributed by atoms with van der Waals surface area (Å²) in [7, 11) is 0. The highest BCUT2D eigenvalue weighted by molar-refractivity contribution is 9.10. The monoisotopic (exact) mass is 304 g/mol. The molecule has 1 aliphatic carbocycles. The molecule has 0 radical (unpaired) electrons. The predicted octanol–water partition coefficient (Wildman–Crippen LogP) is 3.82. The third-order valence-electron chi connectivity index (χ3n) is 3.96. The van der Waals surface area contributed by atoms with Gasteiger partial charge in [-0.15, -0.1) is 0 Å². The van der Waals surface area contributed by atoms with Crippen LogP contribution >= 0.6 is 15.9 Å². The van der Waals surface area contributed by atoms with E-state index in [1.54, 1.807) is 6.92 Å². The molecule has 2 rings (SSSR count). The van der Waals surface area contributed by atoms with Crippen LogP contribution < -0.4 is 0 Å². The first-order chi connectivity index (χ1) is 7.77. The van der Waals surface area contributed by atoms with Crippen molar-refractivity contribution in [3.8, 4) is 0 Å². The molecule has 1 N–H and O–H groups in total. The zero-order chi connectivity index (χ0) is 12.8. The summed E-state index contributed by atoms with van der Waals surface area (Å²) in [6, 6.07) is 2.55. The van der Waals surface area contributed by atoms with Crippen molar-refractivity contribution in [3.63, 3.8) is 0 Å². The molecule has 1 aliphatic rings. The highest BCUT2D eigenvalue weighted by Crippen LogP contribution is 2.54. The fourth-order valence-electron chi connectivity index (χ4n) is 2.01. The molecule has 0 saturated heterocycles. The van der Waals surface area contributed by atoms with Gasteiger partial charge in [-0.2, -0.15) is 0 Å². The van der Waals surface area contributed by atoms with E-state index in [1.165, 1.54) is 12.1 Å². The average molecular weight is 305 g/mol. The summed E-state index contributed by atoms with van der Waals surface area (Å²) in [5, 5.41) is 10.4. The van der Waals surface area contributed by atoms with Gasteiger partial charge in [0.15, 0.2) is 0 Å². The Labute approximate surface area is 108 Å². The lowest BCUT2D eigenvalue weighted by Gasteiger charge is -2.31. The quantitative estimate of drug-likeness (QED) is 0.842. The van der Waals surface area contributed by atoms with E-state index in [0.717, 1.165) is 12.8 Å². The van der Waals surface area contributed by atoms with Crippen LogP contribution in [-0.2, 0) is 6.42 Å². The summed E-state index contributed by atoms with van der Waals surface area (Å²) in [6.45, 7) is 3.60. The largest absolute Gasteiger partial charge is 0.389 e. The Bertz CT molecular complexity index is 453. The molecule has 0 spiro atoms. The summed E-state index contributed by atoms with van der Waals surface area (Å²) >= 11 is 3.03. The third kappa shape index (κ3) is 2.25. The minimum absolute atomic E-state index is 0.000602. The Hall–Kier alpha value is -0.480. The van der Waals surface area contributed by atoms with Gasteiger partial charge < -0.3 is 5.11 Å². The van der Waals surface area contributed by atoms with Crippen LogP contribution in [0.4, 0.5) is 8.78 Å². The summed E-state index contributed by atoms with van der Waals surface area (Å²) in [6.07, 6.45) is 1.80. The molecule has 1 atom stereocenters. The first-order valence-corrected chi connectivity index (χ1v) is 6.41. The van der Waals surface area contributed by atoms with E-state index in [9.17, 15) is 13.9 Å². The highest BCUT2D eigenvalue weighted by atomic mass is 79.9. The van der Waals surface area contributed by atoms with Crippen LogP contribution in [-0.4, -0.2) is 10.7 Å². The molecule has 1 fully saturated rings. The van der Waals surface area contributed by atoms with Crippen LogP contribution in [0.2, 0.25) is 0 Å². The van der Waals surface area contributed by atoms with Gasteiger partial charge in [0.2, 0.25) is 0 Å². The van der Waals surface area contributed by atoms with E-state index >= 15 is 0 Å². The molecule has 4 heteroatoms. The summed E-state index contributed by atoms with van der Waals surface area (Å²) < 4.78 is 27.6. The highest BCUT2D eigenvalue weighted by Gasteiger charge is 2.52. The van der Waals surface area contributed by atoms with Crippen molar-refractivity contribution in [1.82, 2.24) is 0 Å². The molecular formula is C13H15BrF2O. The minimum atomic E-state index is -1.07. The topological polar surface area (TPSA) is 20.2 Å². The third-order valence-corrected chi connectivity index (χ3v) is 4.57. The molecule has 94 valence electrons. The standard InChI is InChI=1S/C13H15BrF2O/c1-12(5-6-12)13(2,17)7-8-10(15)4-3-9(14)11(8)16/h3-4,17H,5-7H2,1-2H3. The normalized spacial score (nSPS) is 21.1. The molecule has 1 saturated carbocycles. The zero-order valence-electron chi connectivity index (χ0n) is 9.86. The van der Waals surface area contributed by atoms with Gasteiger partial charge in [-0.1, -0.05) is 6.92 Å². The second-order valence-corrected chi connectivity index (χ2v) is 6.19. The number of aliphatic hydroxyl groups is 1. The lowest BCUT2D eigenvalue weighted by molar-refractivity contribution is -0.00843. The van der Waals surface area contributed by atoms with Crippen molar-refractivity contribution < 1.29 is 13.9 Å². The van der Waals surface area contributed by atoms with Crippen molar-refractivity contribution in [2.75, 3.05) is 0 Å². The molecule has 1 aromatic rings. The van der Waals surface area contributed by atoms with Gasteiger partial charge in [-0.05, 0) is 53.2 Å². The van der Waals surface area contributed by atoms with Crippen LogP contribution in [0.25, 0.3) is 0 Å². The van der Waals surface area contributed by atoms with Gasteiger partial charge >= 0.3 is 0 Å². The first-order valence-electron chi connectivity index (χ1n) is 5.62. The molecular weight excluding hydrogens is 290 g/mol. The van der Waals surface area contributed by atoms with Gasteiger partial charge in [-0.3, -0.25) is 0 Å². The van der Waals surface area contributed by atoms with Crippen molar-refractivity contribution in [3.05, 3.63) is 33.8 Å². The van der Waals surface area contributed by atoms with Crippen LogP contribution in [0.1, 0.15) is 32.3 Å². The van der Waals surface area contributed by atoms with E-state index in [4.69, 9.17) is 0 Å². The average Bonchev–Trinajstić information content (AvgIpc) is 2.99. The number of benzene rings is 1. The fourth-order valence-corrected chi connectivity index (χ4v) is 2.39. The molecule has 17 heavy (non-hydrogen) atoms. The lowest BCUT2D eigenvalue weighted by Crippen LogP contribution is -2.37. The smallest absolute Gasteiger partial charge is 0.143 e. The Balaban J connectivity index is 2.33. The molecule has 0 aromatic heterocycles. The fraction of sp³-hybridized carbons (Fsp3) is 0.538. The second kappa shape index (κ2) is 4.02. The van der Waals surface area contributed by atoms with Crippen LogP contribution in [0.5, 0.6) is 0 Å². The van der Waals surface area contributed by atoms with E-state index < -0.39 is 17.2 Å². The second-order valence-electron chi connectivity index (χ2n) is 5.33. The summed E-state index contributed by atoms with van der Waals surface area (Å²) in [5.41, 5.74) is -1.33. The first kappa shape index (κ1) is 13.0. The van der Waals surface area contributed by atoms with Crippen LogP contribution in [0, 0.1) is 17.0 Å². The van der Waals surface area contributed by atoms with E-state index in [-0.39, 0.29) is 21.9 Å². The maximum atomic E-state index is 13.8. The van der Waals surface area contributed by atoms with Crippen molar-refractivity contribution >= 4 is 15.9 Å². The number of hydrogen-bond donors (Lipinski definition) is 1. The number of rotatable bonds is 3. The van der Waals surface area contributed by atoms with Gasteiger partial charge in [0.25, 0.3) is 0 Å². The Morgan fingerprint density at radius 1 is 1.41 bits per heavy atom. The minimum Gasteiger partial charge on any atom is -0.389 e. The van der Waals surface area contributed by atoms with E-state index in [1.807, 2.05) is 6.92 Å². The zero-order valence-corrected chi connectivity index (χ0v) is 11.4. The van der Waals surface area contributed by atoms with E-state index in [2.05, 4.69) is 15.9 Å². The maximum absolute atomic E-state index is 13.8. The Morgan fingerprint density at radius 2 is 2.00 bits per heavy atom. The number of hydrogen-bond acceptors (Lipinski definition) is 1. The van der Waals surface area contributed by atoms with Crippen molar-refractivity contribution in [2.24, 2.45) is 5.41 Å². The molecule has 1 unspecified atom stereocenters. The van der Waals surface area contributed by atoms with Crippen molar-refractivity contribution in [1.29, 1.82) is 0 Å². The molecule has 1 aromatic carbocycles. The molecule has 1 nitrogen and oxygen atoms in total. The molecule has 0 heterocycles. The van der Waals surface area contributed by atoms with Crippen LogP contribution in [0.3, 0.4) is 0 Å². The predicted molar refractivity (Wildman–Crippen MR) is 65.7 cm³/mol. The molecule has 0 bridgehead atoms. The Morgan fingerprint density at radius 3 is 2.53 bits per heavy atom. The van der Waals surface area contributed by atoms with E-state index in [0.29, 0.717) is 0 Å². The van der Waals surface area contributed by atoms with Crippen molar-refractivity contribution in [2.45, 2.75) is 38.7 Å². The van der Waals surface area contributed by atoms with Gasteiger partial charge in [0.1, 0.15) is 11.6 Å². The maximum Gasteiger partial charge on any atom is 0.143 e. The van der Waals surface area contributed by atoms with Gasteiger partial charge in [0.05, 0.1) is 10.1 Å². The summed E-state index contributed by atoms with van der Waals surface area (Å²) in [4.78, 5) is 0. The molecule has 0 aliphatic heterocycles.